The summed E-state index contributed by atoms with van der Waals surface area (Å²) >= 11 is 0. The van der Waals surface area contributed by atoms with Gasteiger partial charge in [-0.25, -0.2) is 9.97 Å². The van der Waals surface area contributed by atoms with E-state index in [2.05, 4.69) is 20.2 Å². The zero-order valence-corrected chi connectivity index (χ0v) is 9.03. The van der Waals surface area contributed by atoms with Gasteiger partial charge in [-0.1, -0.05) is 0 Å². The number of ether oxygens (including phenoxy) is 1. The minimum absolute atomic E-state index is 0.510. The lowest BCUT2D eigenvalue weighted by atomic mass is 10.4. The molecular formula is C10H15FN4O. The highest BCUT2D eigenvalue weighted by atomic mass is 19.1. The van der Waals surface area contributed by atoms with Crippen molar-refractivity contribution in [3.8, 4) is 0 Å². The van der Waals surface area contributed by atoms with Gasteiger partial charge in [0.05, 0.1) is 13.2 Å². The minimum atomic E-state index is -0.510. The largest absolute Gasteiger partial charge is 0.379 e. The molecule has 1 aliphatic heterocycles. The van der Waals surface area contributed by atoms with E-state index >= 15 is 0 Å². The highest BCUT2D eigenvalue weighted by Gasteiger charge is 2.09. The number of rotatable bonds is 4. The van der Waals surface area contributed by atoms with Gasteiger partial charge in [0, 0.05) is 32.2 Å². The fraction of sp³-hybridized carbons (Fsp3) is 0.600. The summed E-state index contributed by atoms with van der Waals surface area (Å²) in [5.74, 6) is 0.0182. The van der Waals surface area contributed by atoms with Crippen LogP contribution in [0, 0.1) is 5.95 Å². The Morgan fingerprint density at radius 1 is 1.38 bits per heavy atom. The third-order valence-corrected chi connectivity index (χ3v) is 2.47. The first-order valence-corrected chi connectivity index (χ1v) is 5.36. The highest BCUT2D eigenvalue weighted by Crippen LogP contribution is 2.02. The molecule has 2 rings (SSSR count). The Kier molecular flexibility index (Phi) is 4.01. The molecule has 0 aliphatic carbocycles. The highest BCUT2D eigenvalue weighted by molar-refractivity contribution is 5.31. The van der Waals surface area contributed by atoms with Crippen molar-refractivity contribution in [2.45, 2.75) is 0 Å². The third-order valence-electron chi connectivity index (χ3n) is 2.47. The standard InChI is InChI=1S/C10H15FN4O/c11-9-7-10(14-8-13-9)12-1-2-15-3-5-16-6-4-15/h7-8H,1-6H2,(H,12,13,14). The van der Waals surface area contributed by atoms with Crippen LogP contribution in [0.5, 0.6) is 0 Å². The van der Waals surface area contributed by atoms with Gasteiger partial charge in [0.2, 0.25) is 5.95 Å². The fourth-order valence-corrected chi connectivity index (χ4v) is 1.60. The van der Waals surface area contributed by atoms with E-state index in [-0.39, 0.29) is 0 Å². The van der Waals surface area contributed by atoms with Crippen molar-refractivity contribution in [1.29, 1.82) is 0 Å². The molecule has 0 unspecified atom stereocenters. The predicted octanol–water partition coefficient (Wildman–Crippen LogP) is 0.360. The molecule has 1 aromatic heterocycles. The van der Waals surface area contributed by atoms with Crippen molar-refractivity contribution in [3.63, 3.8) is 0 Å². The van der Waals surface area contributed by atoms with E-state index in [1.807, 2.05) is 0 Å². The molecule has 2 heterocycles. The van der Waals surface area contributed by atoms with Crippen LogP contribution in [0.4, 0.5) is 10.2 Å². The summed E-state index contributed by atoms with van der Waals surface area (Å²) in [5.41, 5.74) is 0. The quantitative estimate of drug-likeness (QED) is 0.751. The normalized spacial score (nSPS) is 17.3. The molecule has 0 aromatic carbocycles. The van der Waals surface area contributed by atoms with Crippen LogP contribution in [-0.4, -0.2) is 54.3 Å². The lowest BCUT2D eigenvalue weighted by Gasteiger charge is -2.26. The summed E-state index contributed by atoms with van der Waals surface area (Å²) in [5, 5.41) is 3.06. The summed E-state index contributed by atoms with van der Waals surface area (Å²) in [6, 6.07) is 1.29. The van der Waals surface area contributed by atoms with Crippen molar-refractivity contribution >= 4 is 5.82 Å². The third kappa shape index (κ3) is 3.39. The summed E-state index contributed by atoms with van der Waals surface area (Å²) in [6.07, 6.45) is 1.21. The summed E-state index contributed by atoms with van der Waals surface area (Å²) in [4.78, 5) is 9.61. The SMILES string of the molecule is Fc1cc(NCCN2CCOCC2)ncn1. The van der Waals surface area contributed by atoms with Crippen LogP contribution in [0.15, 0.2) is 12.4 Å². The van der Waals surface area contributed by atoms with E-state index in [0.29, 0.717) is 5.82 Å². The maximum atomic E-state index is 12.7. The van der Waals surface area contributed by atoms with Gasteiger partial charge in [-0.15, -0.1) is 0 Å². The van der Waals surface area contributed by atoms with Crippen molar-refractivity contribution < 1.29 is 9.13 Å². The molecule has 1 saturated heterocycles. The molecule has 0 atom stereocenters. The maximum absolute atomic E-state index is 12.7. The molecule has 0 radical (unpaired) electrons. The Hall–Kier alpha value is -1.27. The van der Waals surface area contributed by atoms with E-state index in [9.17, 15) is 4.39 Å². The van der Waals surface area contributed by atoms with Gasteiger partial charge in [0.1, 0.15) is 12.1 Å². The maximum Gasteiger partial charge on any atom is 0.217 e. The molecule has 16 heavy (non-hydrogen) atoms. The van der Waals surface area contributed by atoms with Gasteiger partial charge in [-0.2, -0.15) is 4.39 Å². The molecule has 1 aliphatic rings. The number of nitrogens with one attached hydrogen (secondary N) is 1. The lowest BCUT2D eigenvalue weighted by Crippen LogP contribution is -2.39. The van der Waals surface area contributed by atoms with Crippen molar-refractivity contribution in [1.82, 2.24) is 14.9 Å². The van der Waals surface area contributed by atoms with Crippen LogP contribution < -0.4 is 5.32 Å². The Bertz CT molecular complexity index is 330. The second-order valence-electron chi connectivity index (χ2n) is 3.61. The van der Waals surface area contributed by atoms with Gasteiger partial charge in [0.15, 0.2) is 0 Å². The topological polar surface area (TPSA) is 50.3 Å². The molecule has 0 spiro atoms. The average Bonchev–Trinajstić information content (AvgIpc) is 2.30. The molecule has 1 N–H and O–H groups in total. The summed E-state index contributed by atoms with van der Waals surface area (Å²) in [6.45, 7) is 5.16. The van der Waals surface area contributed by atoms with Crippen LogP contribution in [0.1, 0.15) is 0 Å². The van der Waals surface area contributed by atoms with Crippen LogP contribution in [0.3, 0.4) is 0 Å². The first-order valence-electron chi connectivity index (χ1n) is 5.36. The Balaban J connectivity index is 1.71. The first kappa shape index (κ1) is 11.2. The van der Waals surface area contributed by atoms with Gasteiger partial charge in [0.25, 0.3) is 0 Å². The summed E-state index contributed by atoms with van der Waals surface area (Å²) in [7, 11) is 0. The Morgan fingerprint density at radius 3 is 2.94 bits per heavy atom. The monoisotopic (exact) mass is 226 g/mol. The van der Waals surface area contributed by atoms with E-state index in [1.54, 1.807) is 0 Å². The minimum Gasteiger partial charge on any atom is -0.379 e. The molecule has 1 fully saturated rings. The van der Waals surface area contributed by atoms with E-state index in [1.165, 1.54) is 12.4 Å². The average molecular weight is 226 g/mol. The van der Waals surface area contributed by atoms with Gasteiger partial charge < -0.3 is 10.1 Å². The van der Waals surface area contributed by atoms with Crippen molar-refractivity contribution in [2.24, 2.45) is 0 Å². The number of hydrogen-bond donors (Lipinski definition) is 1. The lowest BCUT2D eigenvalue weighted by molar-refractivity contribution is 0.0398. The molecular weight excluding hydrogens is 211 g/mol. The van der Waals surface area contributed by atoms with Crippen LogP contribution in [0.2, 0.25) is 0 Å². The number of hydrogen-bond acceptors (Lipinski definition) is 5. The molecule has 1 aromatic rings. The molecule has 0 amide bonds. The number of morpholine rings is 1. The molecule has 6 heteroatoms. The molecule has 88 valence electrons. The van der Waals surface area contributed by atoms with E-state index in [4.69, 9.17) is 4.74 Å². The predicted molar refractivity (Wildman–Crippen MR) is 57.7 cm³/mol. The Labute approximate surface area is 93.6 Å². The zero-order chi connectivity index (χ0) is 11.2. The Morgan fingerprint density at radius 2 is 2.19 bits per heavy atom. The molecule has 5 nitrogen and oxygen atoms in total. The van der Waals surface area contributed by atoms with Crippen LogP contribution in [-0.2, 0) is 4.74 Å². The molecule has 0 saturated carbocycles. The number of anilines is 1. The molecule has 0 bridgehead atoms. The van der Waals surface area contributed by atoms with Gasteiger partial charge in [-0.3, -0.25) is 4.90 Å². The second kappa shape index (κ2) is 5.72. The number of aromatic nitrogens is 2. The number of halogens is 1. The van der Waals surface area contributed by atoms with Crippen molar-refractivity contribution in [3.05, 3.63) is 18.3 Å². The van der Waals surface area contributed by atoms with E-state index < -0.39 is 5.95 Å². The van der Waals surface area contributed by atoms with Gasteiger partial charge in [-0.05, 0) is 0 Å². The van der Waals surface area contributed by atoms with E-state index in [0.717, 1.165) is 39.4 Å². The van der Waals surface area contributed by atoms with Crippen LogP contribution in [0.25, 0.3) is 0 Å². The smallest absolute Gasteiger partial charge is 0.217 e. The van der Waals surface area contributed by atoms with Crippen molar-refractivity contribution in [2.75, 3.05) is 44.7 Å². The zero-order valence-electron chi connectivity index (χ0n) is 9.03. The fourth-order valence-electron chi connectivity index (χ4n) is 1.60. The second-order valence-corrected chi connectivity index (χ2v) is 3.61. The van der Waals surface area contributed by atoms with Crippen LogP contribution >= 0.6 is 0 Å². The number of nitrogens with zero attached hydrogens (tertiary/aromatic N) is 3. The van der Waals surface area contributed by atoms with Gasteiger partial charge >= 0.3 is 0 Å². The summed E-state index contributed by atoms with van der Waals surface area (Å²) < 4.78 is 18.0. The first-order chi connectivity index (χ1) is 7.84.